The Balaban J connectivity index is 1.77. The van der Waals surface area contributed by atoms with E-state index in [1.165, 1.54) is 32.8 Å². The Morgan fingerprint density at radius 3 is 2.35 bits per heavy atom. The van der Waals surface area contributed by atoms with Gasteiger partial charge in [-0.15, -0.1) is 9.97 Å². The molecule has 186 valence electrons. The minimum Gasteiger partial charge on any atom is -0.494 e. The highest BCUT2D eigenvalue weighted by molar-refractivity contribution is 5.57. The fraction of sp³-hybridized carbons (Fsp3) is 0.640. The fourth-order valence-corrected chi connectivity index (χ4v) is 5.49. The lowest BCUT2D eigenvalue weighted by atomic mass is 10.00. The molecule has 0 spiro atoms. The molecule has 34 heavy (non-hydrogen) atoms. The van der Waals surface area contributed by atoms with E-state index in [4.69, 9.17) is 15.5 Å². The number of nitrogen functional groups attached to an aromatic ring is 1. The van der Waals surface area contributed by atoms with Gasteiger partial charge in [0.25, 0.3) is 0 Å². The van der Waals surface area contributed by atoms with Crippen molar-refractivity contribution in [3.8, 4) is 5.75 Å². The molecular weight excluding hydrogens is 433 g/mol. The second-order valence-electron chi connectivity index (χ2n) is 9.98. The molecule has 8 nitrogen and oxygen atoms in total. The summed E-state index contributed by atoms with van der Waals surface area (Å²) in [5.41, 5.74) is 7.04. The molecular formula is C25H39FN7O+. The third kappa shape index (κ3) is 4.95. The van der Waals surface area contributed by atoms with E-state index >= 15 is 0 Å². The number of nitrogens with two attached hydrogens (primary N) is 1. The lowest BCUT2D eigenvalue weighted by Gasteiger charge is -2.42. The van der Waals surface area contributed by atoms with Crippen LogP contribution in [0.4, 0.5) is 27.9 Å². The van der Waals surface area contributed by atoms with Crippen molar-refractivity contribution < 1.29 is 9.13 Å². The van der Waals surface area contributed by atoms with Crippen LogP contribution in [0.15, 0.2) is 18.2 Å². The molecule has 2 heterocycles. The summed E-state index contributed by atoms with van der Waals surface area (Å²) in [5, 5.41) is 0. The second-order valence-corrected chi connectivity index (χ2v) is 9.98. The number of hydrogen-bond donors (Lipinski definition) is 1. The molecule has 0 amide bonds. The van der Waals surface area contributed by atoms with E-state index in [1.807, 2.05) is 6.07 Å². The van der Waals surface area contributed by atoms with Gasteiger partial charge in [0, 0.05) is 51.2 Å². The van der Waals surface area contributed by atoms with Crippen molar-refractivity contribution in [2.75, 3.05) is 52.0 Å². The molecule has 1 aromatic heterocycles. The van der Waals surface area contributed by atoms with Crippen molar-refractivity contribution in [1.82, 2.24) is 24.3 Å². The maximum Gasteiger partial charge on any atom is 0.340 e. The number of halogens is 1. The van der Waals surface area contributed by atoms with Crippen molar-refractivity contribution >= 4 is 23.5 Å². The van der Waals surface area contributed by atoms with E-state index < -0.39 is 5.82 Å². The predicted molar refractivity (Wildman–Crippen MR) is 135 cm³/mol. The predicted octanol–water partition coefficient (Wildman–Crippen LogP) is 4.12. The highest BCUT2D eigenvalue weighted by Gasteiger charge is 2.43. The number of benzene rings is 1. The van der Waals surface area contributed by atoms with Gasteiger partial charge in [-0.2, -0.15) is 4.98 Å². The van der Waals surface area contributed by atoms with Gasteiger partial charge in [-0.1, -0.05) is 25.7 Å². The number of quaternary nitrogens is 1. The number of anilines is 2. The summed E-state index contributed by atoms with van der Waals surface area (Å²) in [4.78, 5) is 18.6. The Bertz CT molecular complexity index is 974. The van der Waals surface area contributed by atoms with Crippen LogP contribution < -0.4 is 19.9 Å². The number of nitrogens with zero attached hydrogens (tertiary/aromatic N) is 6. The molecule has 9 heteroatoms. The Labute approximate surface area is 202 Å². The summed E-state index contributed by atoms with van der Waals surface area (Å²) in [5.74, 6) is 1.19. The van der Waals surface area contributed by atoms with Gasteiger partial charge in [-0.05, 0) is 26.0 Å². The van der Waals surface area contributed by atoms with Crippen LogP contribution in [0, 0.1) is 5.82 Å². The first-order valence-corrected chi connectivity index (χ1v) is 12.5. The van der Waals surface area contributed by atoms with Crippen molar-refractivity contribution in [1.29, 1.82) is 0 Å². The molecule has 1 atom stereocenters. The zero-order valence-electron chi connectivity index (χ0n) is 21.0. The topological polar surface area (TPSA) is 80.4 Å². The Morgan fingerprint density at radius 1 is 1.06 bits per heavy atom. The third-order valence-corrected chi connectivity index (χ3v) is 7.82. The molecule has 2 aliphatic rings. The molecule has 1 saturated carbocycles. The summed E-state index contributed by atoms with van der Waals surface area (Å²) < 4.78 is 20.3. The molecule has 1 unspecified atom stereocenters. The van der Waals surface area contributed by atoms with Gasteiger partial charge in [0.15, 0.2) is 11.6 Å². The lowest BCUT2D eigenvalue weighted by molar-refractivity contribution is 0.180. The number of rotatable bonds is 6. The minimum absolute atomic E-state index is 0.182. The van der Waals surface area contributed by atoms with Crippen molar-refractivity contribution in [2.45, 2.75) is 63.5 Å². The number of hydrogen-bond acceptors (Lipinski definition) is 7. The van der Waals surface area contributed by atoms with Crippen LogP contribution >= 0.6 is 0 Å². The number of likely N-dealkylation sites (tertiary alicyclic amines) is 1. The van der Waals surface area contributed by atoms with Crippen LogP contribution in [0.1, 0.15) is 51.4 Å². The quantitative estimate of drug-likeness (QED) is 0.500. The van der Waals surface area contributed by atoms with Gasteiger partial charge in [-0.3, -0.25) is 0 Å². The first-order valence-electron chi connectivity index (χ1n) is 12.5. The molecule has 1 aliphatic carbocycles. The fourth-order valence-electron chi connectivity index (χ4n) is 5.49. The van der Waals surface area contributed by atoms with E-state index in [-0.39, 0.29) is 22.2 Å². The first kappa shape index (κ1) is 24.6. The lowest BCUT2D eigenvalue weighted by Crippen LogP contribution is -2.54. The van der Waals surface area contributed by atoms with Crippen molar-refractivity contribution in [2.24, 2.45) is 0 Å². The largest absolute Gasteiger partial charge is 0.494 e. The highest BCUT2D eigenvalue weighted by atomic mass is 19.1. The second kappa shape index (κ2) is 10.4. The molecule has 1 aromatic carbocycles. The number of aromatic nitrogens is 3. The molecule has 1 aliphatic heterocycles. The molecule has 2 aromatic rings. The maximum atomic E-state index is 14.9. The van der Waals surface area contributed by atoms with Gasteiger partial charge >= 0.3 is 5.95 Å². The van der Waals surface area contributed by atoms with E-state index in [0.29, 0.717) is 17.9 Å². The van der Waals surface area contributed by atoms with Gasteiger partial charge in [0.05, 0.1) is 14.2 Å². The zero-order valence-corrected chi connectivity index (χ0v) is 21.0. The molecule has 1 saturated heterocycles. The summed E-state index contributed by atoms with van der Waals surface area (Å²) in [6, 6.07) is 5.71. The average Bonchev–Trinajstić information content (AvgIpc) is 3.12. The molecule has 0 radical (unpaired) electrons. The van der Waals surface area contributed by atoms with Gasteiger partial charge in [0.2, 0.25) is 11.9 Å². The van der Waals surface area contributed by atoms with E-state index in [9.17, 15) is 4.39 Å². The smallest absolute Gasteiger partial charge is 0.340 e. The summed E-state index contributed by atoms with van der Waals surface area (Å²) in [6.45, 7) is 1.93. The first-order chi connectivity index (χ1) is 16.3. The van der Waals surface area contributed by atoms with Crippen LogP contribution in [0.2, 0.25) is 0 Å². The van der Waals surface area contributed by atoms with Crippen LogP contribution in [-0.4, -0.2) is 73.3 Å². The van der Waals surface area contributed by atoms with E-state index in [0.717, 1.165) is 44.5 Å². The molecule has 0 bridgehead atoms. The maximum absolute atomic E-state index is 14.9. The Morgan fingerprint density at radius 2 is 1.74 bits per heavy atom. The number of piperidine rings is 1. The molecule has 2 N–H and O–H groups in total. The molecule has 4 rings (SSSR count). The third-order valence-electron chi connectivity index (χ3n) is 7.82. The number of methoxy groups -OCH3 is 1. The molecule has 2 fully saturated rings. The van der Waals surface area contributed by atoms with E-state index in [1.54, 1.807) is 12.1 Å². The zero-order chi connectivity index (χ0) is 24.3. The van der Waals surface area contributed by atoms with Crippen LogP contribution in [0.3, 0.4) is 0 Å². The van der Waals surface area contributed by atoms with Crippen LogP contribution in [0.25, 0.3) is 0 Å². The van der Waals surface area contributed by atoms with Gasteiger partial charge in [0.1, 0.15) is 11.7 Å². The van der Waals surface area contributed by atoms with Crippen molar-refractivity contribution in [3.63, 3.8) is 0 Å². The number of ether oxygens (including phenoxy) is 1. The van der Waals surface area contributed by atoms with Gasteiger partial charge in [-0.25, -0.2) is 8.87 Å². The minimum atomic E-state index is -0.393. The van der Waals surface area contributed by atoms with E-state index in [2.05, 4.69) is 40.9 Å². The summed E-state index contributed by atoms with van der Waals surface area (Å²) >= 11 is 0. The van der Waals surface area contributed by atoms with Crippen molar-refractivity contribution in [3.05, 3.63) is 24.0 Å². The summed E-state index contributed by atoms with van der Waals surface area (Å²) in [7, 11) is 7.74. The van der Waals surface area contributed by atoms with Crippen LogP contribution in [-0.2, 0) is 0 Å². The van der Waals surface area contributed by atoms with Crippen LogP contribution in [0.5, 0.6) is 5.75 Å². The highest BCUT2D eigenvalue weighted by Crippen LogP contribution is 2.39. The average molecular weight is 473 g/mol. The Hall–Kier alpha value is -2.52. The monoisotopic (exact) mass is 472 g/mol. The summed E-state index contributed by atoms with van der Waals surface area (Å²) in [6.07, 6.45) is 9.14. The van der Waals surface area contributed by atoms with Gasteiger partial charge < -0.3 is 20.3 Å². The SMILES string of the molecule is COc1ccc([N+](C)(c2nc(N)nc(N(C)C3CCCCCC3)n2)C2CCN(C)CC2)cc1F. The normalized spacial score (nSPS) is 20.5. The Kier molecular flexibility index (Phi) is 7.52. The standard InChI is InChI=1S/C25H39FN7O/c1-31-15-13-19(14-16-31)33(3,20-11-12-22(34-4)21(26)17-20)25-29-23(27)28-24(30-25)32(2)18-9-7-5-6-8-10-18/h11-12,17-19H,5-10,13-16H2,1-4H3,(H2,27,28,29,30)/q+1.